The number of thioether (sulfide) groups is 1. The number of aryl methyl sites for hydroxylation is 2. The third kappa shape index (κ3) is 4.60. The van der Waals surface area contributed by atoms with Crippen LogP contribution in [0.3, 0.4) is 0 Å². The molecule has 4 aromatic rings. The minimum Gasteiger partial charge on any atom is -0.322 e. The van der Waals surface area contributed by atoms with Gasteiger partial charge < -0.3 is 5.32 Å². The molecule has 1 N–H and O–H groups in total. The first-order valence-corrected chi connectivity index (χ1v) is 10.7. The van der Waals surface area contributed by atoms with Gasteiger partial charge in [0.15, 0.2) is 5.16 Å². The predicted molar refractivity (Wildman–Crippen MR) is 121 cm³/mol. The van der Waals surface area contributed by atoms with Gasteiger partial charge >= 0.3 is 0 Å². The molecule has 1 amide bonds. The molecule has 0 unspecified atom stereocenters. The van der Waals surface area contributed by atoms with E-state index in [1.807, 2.05) is 61.5 Å². The van der Waals surface area contributed by atoms with Crippen LogP contribution in [0.25, 0.3) is 5.69 Å². The summed E-state index contributed by atoms with van der Waals surface area (Å²) in [5.74, 6) is 1.48. The van der Waals surface area contributed by atoms with Crippen molar-refractivity contribution in [3.8, 4) is 5.69 Å². The lowest BCUT2D eigenvalue weighted by molar-refractivity contribution is 0.102. The van der Waals surface area contributed by atoms with E-state index in [9.17, 15) is 4.79 Å². The van der Waals surface area contributed by atoms with E-state index >= 15 is 0 Å². The van der Waals surface area contributed by atoms with Gasteiger partial charge in [0.2, 0.25) is 0 Å². The molecule has 0 bridgehead atoms. The van der Waals surface area contributed by atoms with Crippen molar-refractivity contribution in [1.29, 1.82) is 0 Å². The SMILES string of the molecule is Cc1ccc(-n2c(C)nnc2SCc2ccc(C(=O)Nc3ccccc3)cc2)cc1. The third-order valence-electron chi connectivity index (χ3n) is 4.70. The summed E-state index contributed by atoms with van der Waals surface area (Å²) < 4.78 is 2.06. The fourth-order valence-electron chi connectivity index (χ4n) is 3.05. The maximum absolute atomic E-state index is 12.4. The number of para-hydroxylation sites is 1. The summed E-state index contributed by atoms with van der Waals surface area (Å²) in [6.07, 6.45) is 0. The molecule has 0 saturated carbocycles. The van der Waals surface area contributed by atoms with Gasteiger partial charge in [-0.2, -0.15) is 0 Å². The highest BCUT2D eigenvalue weighted by atomic mass is 32.2. The molecular weight excluding hydrogens is 392 g/mol. The van der Waals surface area contributed by atoms with Crippen molar-refractivity contribution in [3.05, 3.63) is 101 Å². The zero-order chi connectivity index (χ0) is 20.9. The Balaban J connectivity index is 1.43. The molecule has 6 heteroatoms. The second-order valence-corrected chi connectivity index (χ2v) is 7.95. The maximum Gasteiger partial charge on any atom is 0.255 e. The van der Waals surface area contributed by atoms with E-state index in [0.717, 1.165) is 33.7 Å². The highest BCUT2D eigenvalue weighted by Crippen LogP contribution is 2.25. The van der Waals surface area contributed by atoms with Crippen LogP contribution in [-0.2, 0) is 5.75 Å². The van der Waals surface area contributed by atoms with E-state index in [1.165, 1.54) is 5.56 Å². The minimum absolute atomic E-state index is 0.116. The van der Waals surface area contributed by atoms with E-state index in [0.29, 0.717) is 5.56 Å². The van der Waals surface area contributed by atoms with Gasteiger partial charge in [0, 0.05) is 22.7 Å². The minimum atomic E-state index is -0.116. The summed E-state index contributed by atoms with van der Waals surface area (Å²) >= 11 is 1.63. The number of benzene rings is 3. The highest BCUT2D eigenvalue weighted by Gasteiger charge is 2.12. The highest BCUT2D eigenvalue weighted by molar-refractivity contribution is 7.98. The van der Waals surface area contributed by atoms with Crippen LogP contribution in [0.1, 0.15) is 27.3 Å². The monoisotopic (exact) mass is 414 g/mol. The molecule has 0 spiro atoms. The lowest BCUT2D eigenvalue weighted by atomic mass is 10.1. The van der Waals surface area contributed by atoms with Crippen LogP contribution < -0.4 is 5.32 Å². The number of rotatable bonds is 6. The Labute approximate surface area is 180 Å². The summed E-state index contributed by atoms with van der Waals surface area (Å²) in [5, 5.41) is 12.3. The molecule has 0 aliphatic heterocycles. The van der Waals surface area contributed by atoms with Crippen LogP contribution in [0, 0.1) is 13.8 Å². The Kier molecular flexibility index (Phi) is 5.95. The van der Waals surface area contributed by atoms with Crippen LogP contribution in [0.15, 0.2) is 84.0 Å². The largest absolute Gasteiger partial charge is 0.322 e. The summed E-state index contributed by atoms with van der Waals surface area (Å²) in [6.45, 7) is 4.03. The molecule has 0 atom stereocenters. The Morgan fingerprint density at radius 1 is 0.900 bits per heavy atom. The van der Waals surface area contributed by atoms with Crippen LogP contribution in [0.4, 0.5) is 5.69 Å². The van der Waals surface area contributed by atoms with E-state index in [4.69, 9.17) is 0 Å². The van der Waals surface area contributed by atoms with Crippen LogP contribution >= 0.6 is 11.8 Å². The Morgan fingerprint density at radius 3 is 2.30 bits per heavy atom. The number of anilines is 1. The lowest BCUT2D eigenvalue weighted by Gasteiger charge is -2.09. The van der Waals surface area contributed by atoms with Gasteiger partial charge in [-0.25, -0.2) is 0 Å². The Hall–Kier alpha value is -3.38. The first-order chi connectivity index (χ1) is 14.6. The number of hydrogen-bond donors (Lipinski definition) is 1. The predicted octanol–water partition coefficient (Wildman–Crippen LogP) is 5.43. The van der Waals surface area contributed by atoms with Gasteiger partial charge in [0.05, 0.1) is 0 Å². The summed E-state index contributed by atoms with van der Waals surface area (Å²) in [7, 11) is 0. The molecule has 1 aromatic heterocycles. The average Bonchev–Trinajstić information content (AvgIpc) is 3.14. The quantitative estimate of drug-likeness (QED) is 0.428. The van der Waals surface area contributed by atoms with E-state index in [-0.39, 0.29) is 5.91 Å². The van der Waals surface area contributed by atoms with Crippen molar-refractivity contribution < 1.29 is 4.79 Å². The number of amides is 1. The summed E-state index contributed by atoms with van der Waals surface area (Å²) in [5.41, 5.74) is 4.81. The molecule has 3 aromatic carbocycles. The molecule has 150 valence electrons. The number of hydrogen-bond acceptors (Lipinski definition) is 4. The molecule has 5 nitrogen and oxygen atoms in total. The van der Waals surface area contributed by atoms with Crippen molar-refractivity contribution in [2.75, 3.05) is 5.32 Å². The number of carbonyl (C=O) groups excluding carboxylic acids is 1. The van der Waals surface area contributed by atoms with E-state index in [2.05, 4.69) is 51.3 Å². The smallest absolute Gasteiger partial charge is 0.255 e. The summed E-state index contributed by atoms with van der Waals surface area (Å²) in [4.78, 5) is 12.4. The molecule has 0 fully saturated rings. The van der Waals surface area contributed by atoms with Crippen molar-refractivity contribution in [2.45, 2.75) is 24.8 Å². The first-order valence-electron chi connectivity index (χ1n) is 9.67. The normalized spacial score (nSPS) is 10.7. The van der Waals surface area contributed by atoms with Gasteiger partial charge in [0.1, 0.15) is 5.82 Å². The van der Waals surface area contributed by atoms with E-state index in [1.54, 1.807) is 11.8 Å². The third-order valence-corrected chi connectivity index (χ3v) is 5.70. The fourth-order valence-corrected chi connectivity index (χ4v) is 4.01. The van der Waals surface area contributed by atoms with Gasteiger partial charge in [-0.15, -0.1) is 10.2 Å². The molecule has 4 rings (SSSR count). The van der Waals surface area contributed by atoms with Crippen molar-refractivity contribution in [1.82, 2.24) is 14.8 Å². The fraction of sp³-hybridized carbons (Fsp3) is 0.125. The van der Waals surface area contributed by atoms with Crippen molar-refractivity contribution in [3.63, 3.8) is 0 Å². The number of carbonyl (C=O) groups is 1. The zero-order valence-corrected chi connectivity index (χ0v) is 17.7. The first kappa shape index (κ1) is 19.9. The summed E-state index contributed by atoms with van der Waals surface area (Å²) in [6, 6.07) is 25.4. The maximum atomic E-state index is 12.4. The number of nitrogens with zero attached hydrogens (tertiary/aromatic N) is 3. The lowest BCUT2D eigenvalue weighted by Crippen LogP contribution is -2.11. The molecule has 0 aliphatic rings. The molecule has 0 saturated heterocycles. The molecule has 30 heavy (non-hydrogen) atoms. The van der Waals surface area contributed by atoms with Gasteiger partial charge in [-0.1, -0.05) is 59.8 Å². The Morgan fingerprint density at radius 2 is 1.60 bits per heavy atom. The van der Waals surface area contributed by atoms with Gasteiger partial charge in [0.25, 0.3) is 5.91 Å². The zero-order valence-electron chi connectivity index (χ0n) is 16.9. The van der Waals surface area contributed by atoms with Gasteiger partial charge in [-0.05, 0) is 55.8 Å². The van der Waals surface area contributed by atoms with Gasteiger partial charge in [-0.3, -0.25) is 9.36 Å². The molecule has 0 aliphatic carbocycles. The van der Waals surface area contributed by atoms with Crippen LogP contribution in [0.2, 0.25) is 0 Å². The van der Waals surface area contributed by atoms with Crippen LogP contribution in [-0.4, -0.2) is 20.7 Å². The van der Waals surface area contributed by atoms with Crippen molar-refractivity contribution in [2.24, 2.45) is 0 Å². The Bertz CT molecular complexity index is 1140. The molecule has 1 heterocycles. The molecule has 0 radical (unpaired) electrons. The second kappa shape index (κ2) is 8.97. The standard InChI is InChI=1S/C24H22N4OS/c1-17-8-14-22(15-9-17)28-18(2)26-27-24(28)30-16-19-10-12-20(13-11-19)23(29)25-21-6-4-3-5-7-21/h3-15H,16H2,1-2H3,(H,25,29). The average molecular weight is 415 g/mol. The van der Waals surface area contributed by atoms with Crippen molar-refractivity contribution >= 4 is 23.4 Å². The number of nitrogens with one attached hydrogen (secondary N) is 1. The second-order valence-electron chi connectivity index (χ2n) is 7.01. The number of aromatic nitrogens is 3. The topological polar surface area (TPSA) is 59.8 Å². The van der Waals surface area contributed by atoms with E-state index < -0.39 is 0 Å². The molecular formula is C24H22N4OS. The van der Waals surface area contributed by atoms with Crippen LogP contribution in [0.5, 0.6) is 0 Å².